The number of carbonyl (C=O) groups excluding carboxylic acids is 1. The zero-order chi connectivity index (χ0) is 19.4. The molecule has 5 nitrogen and oxygen atoms in total. The molecule has 3 rings (SSSR count). The number of benzene rings is 1. The lowest BCUT2D eigenvalue weighted by atomic mass is 10.1. The monoisotopic (exact) mass is 404 g/mol. The molecule has 2 aromatic rings. The van der Waals surface area contributed by atoms with E-state index in [0.29, 0.717) is 22.3 Å². The minimum absolute atomic E-state index is 0.112. The second kappa shape index (κ2) is 8.82. The van der Waals surface area contributed by atoms with Gasteiger partial charge in [0.1, 0.15) is 5.00 Å². The third kappa shape index (κ3) is 4.86. The Bertz CT molecular complexity index is 797. The highest BCUT2D eigenvalue weighted by Gasteiger charge is 2.26. The van der Waals surface area contributed by atoms with Gasteiger partial charge in [-0.15, -0.1) is 11.3 Å². The molecule has 1 aliphatic heterocycles. The van der Waals surface area contributed by atoms with E-state index in [2.05, 4.69) is 10.2 Å². The standard InChI is InChI=1S/C20H24N2O3S2/c1-4-24-19(23)16-10-17(15-8-6-5-7-9-15)27-18(16)21-20(26)22-11-13(2)25-14(3)12-22/h5-10,13-14H,4,11-12H2,1-3H3,(H,21,26)/t13-,14-/m1/s1. The fourth-order valence-electron chi connectivity index (χ4n) is 3.11. The summed E-state index contributed by atoms with van der Waals surface area (Å²) in [6, 6.07) is 11.8. The summed E-state index contributed by atoms with van der Waals surface area (Å²) in [4.78, 5) is 15.5. The van der Waals surface area contributed by atoms with Crippen LogP contribution in [0.15, 0.2) is 36.4 Å². The van der Waals surface area contributed by atoms with Crippen LogP contribution in [0.2, 0.25) is 0 Å². The first-order chi connectivity index (χ1) is 13.0. The van der Waals surface area contributed by atoms with Gasteiger partial charge in [0.15, 0.2) is 5.11 Å². The number of anilines is 1. The zero-order valence-corrected chi connectivity index (χ0v) is 17.4. The minimum atomic E-state index is -0.343. The van der Waals surface area contributed by atoms with Gasteiger partial charge in [-0.3, -0.25) is 0 Å². The molecule has 1 aliphatic rings. The molecule has 0 amide bonds. The number of nitrogens with one attached hydrogen (secondary N) is 1. The fourth-order valence-corrected chi connectivity index (χ4v) is 4.48. The van der Waals surface area contributed by atoms with Gasteiger partial charge >= 0.3 is 5.97 Å². The van der Waals surface area contributed by atoms with Crippen molar-refractivity contribution in [1.29, 1.82) is 0 Å². The van der Waals surface area contributed by atoms with E-state index < -0.39 is 0 Å². The van der Waals surface area contributed by atoms with Gasteiger partial charge in [-0.2, -0.15) is 0 Å². The van der Waals surface area contributed by atoms with Gasteiger partial charge in [-0.1, -0.05) is 30.3 Å². The summed E-state index contributed by atoms with van der Waals surface area (Å²) in [5, 5.41) is 4.58. The van der Waals surface area contributed by atoms with Crippen LogP contribution in [-0.2, 0) is 9.47 Å². The lowest BCUT2D eigenvalue weighted by molar-refractivity contribution is -0.0473. The van der Waals surface area contributed by atoms with Crippen molar-refractivity contribution in [1.82, 2.24) is 4.90 Å². The molecule has 27 heavy (non-hydrogen) atoms. The summed E-state index contributed by atoms with van der Waals surface area (Å²) in [5.74, 6) is -0.343. The average molecular weight is 405 g/mol. The summed E-state index contributed by atoms with van der Waals surface area (Å²) in [7, 11) is 0. The third-order valence-corrected chi connectivity index (χ3v) is 5.67. The first-order valence-corrected chi connectivity index (χ1v) is 10.3. The first kappa shape index (κ1) is 19.8. The number of ether oxygens (including phenoxy) is 2. The lowest BCUT2D eigenvalue weighted by Crippen LogP contribution is -2.49. The summed E-state index contributed by atoms with van der Waals surface area (Å²) in [6.45, 7) is 7.65. The average Bonchev–Trinajstić information content (AvgIpc) is 3.06. The van der Waals surface area contributed by atoms with Crippen LogP contribution in [0.25, 0.3) is 10.4 Å². The number of nitrogens with zero attached hydrogens (tertiary/aromatic N) is 1. The van der Waals surface area contributed by atoms with Gasteiger partial charge in [0.05, 0.1) is 24.4 Å². The lowest BCUT2D eigenvalue weighted by Gasteiger charge is -2.36. The van der Waals surface area contributed by atoms with Gasteiger partial charge in [0, 0.05) is 18.0 Å². The highest BCUT2D eigenvalue weighted by Crippen LogP contribution is 2.36. The van der Waals surface area contributed by atoms with Gasteiger partial charge in [-0.05, 0) is 44.6 Å². The normalized spacial score (nSPS) is 19.6. The van der Waals surface area contributed by atoms with Crippen molar-refractivity contribution in [2.45, 2.75) is 33.0 Å². The number of rotatable bonds is 4. The highest BCUT2D eigenvalue weighted by molar-refractivity contribution is 7.80. The van der Waals surface area contributed by atoms with Crippen molar-refractivity contribution in [3.63, 3.8) is 0 Å². The number of carbonyl (C=O) groups is 1. The third-order valence-electron chi connectivity index (χ3n) is 4.21. The molecule has 144 valence electrons. The molecule has 1 aromatic carbocycles. The van der Waals surface area contributed by atoms with E-state index in [1.54, 1.807) is 6.92 Å². The second-order valence-electron chi connectivity index (χ2n) is 6.53. The molecular weight excluding hydrogens is 380 g/mol. The van der Waals surface area contributed by atoms with Crippen LogP contribution in [0.4, 0.5) is 5.00 Å². The molecular formula is C20H24N2O3S2. The predicted molar refractivity (Wildman–Crippen MR) is 114 cm³/mol. The second-order valence-corrected chi connectivity index (χ2v) is 7.97. The van der Waals surface area contributed by atoms with Crippen LogP contribution in [0.1, 0.15) is 31.1 Å². The van der Waals surface area contributed by atoms with Crippen molar-refractivity contribution in [3.05, 3.63) is 42.0 Å². The van der Waals surface area contributed by atoms with E-state index in [4.69, 9.17) is 21.7 Å². The number of hydrogen-bond acceptors (Lipinski definition) is 5. The Labute approximate surface area is 169 Å². The Kier molecular flexibility index (Phi) is 6.46. The Morgan fingerprint density at radius 1 is 1.30 bits per heavy atom. The van der Waals surface area contributed by atoms with Gasteiger partial charge < -0.3 is 19.7 Å². The summed E-state index contributed by atoms with van der Waals surface area (Å²) in [5.41, 5.74) is 1.57. The molecule has 0 saturated carbocycles. The van der Waals surface area contributed by atoms with Crippen molar-refractivity contribution in [2.24, 2.45) is 0 Å². The number of hydrogen-bond donors (Lipinski definition) is 1. The molecule has 0 bridgehead atoms. The van der Waals surface area contributed by atoms with Gasteiger partial charge in [0.2, 0.25) is 0 Å². The maximum Gasteiger partial charge on any atom is 0.341 e. The van der Waals surface area contributed by atoms with Gasteiger partial charge in [0.25, 0.3) is 0 Å². The van der Waals surface area contributed by atoms with E-state index in [1.807, 2.05) is 50.2 Å². The predicted octanol–water partition coefficient (Wildman–Crippen LogP) is 4.40. The molecule has 0 radical (unpaired) electrons. The Morgan fingerprint density at radius 2 is 1.96 bits per heavy atom. The Hall–Kier alpha value is -1.96. The summed E-state index contributed by atoms with van der Waals surface area (Å²) < 4.78 is 11.0. The largest absolute Gasteiger partial charge is 0.462 e. The highest BCUT2D eigenvalue weighted by atomic mass is 32.1. The number of thiophene rings is 1. The molecule has 2 heterocycles. The van der Waals surface area contributed by atoms with Crippen LogP contribution in [0, 0.1) is 0 Å². The molecule has 2 atom stereocenters. The maximum atomic E-state index is 12.4. The molecule has 1 saturated heterocycles. The maximum absolute atomic E-state index is 12.4. The van der Waals surface area contributed by atoms with Crippen molar-refractivity contribution in [3.8, 4) is 10.4 Å². The van der Waals surface area contributed by atoms with E-state index >= 15 is 0 Å². The minimum Gasteiger partial charge on any atom is -0.462 e. The van der Waals surface area contributed by atoms with E-state index in [9.17, 15) is 4.79 Å². The zero-order valence-electron chi connectivity index (χ0n) is 15.7. The van der Waals surface area contributed by atoms with Crippen molar-refractivity contribution < 1.29 is 14.3 Å². The van der Waals surface area contributed by atoms with E-state index in [0.717, 1.165) is 23.5 Å². The number of thiocarbonyl (C=S) groups is 1. The van der Waals surface area contributed by atoms with E-state index in [-0.39, 0.29) is 18.2 Å². The molecule has 0 unspecified atom stereocenters. The fraction of sp³-hybridized carbons (Fsp3) is 0.400. The SMILES string of the molecule is CCOC(=O)c1cc(-c2ccccc2)sc1NC(=S)N1C[C@@H](C)O[C@H](C)C1. The number of morpholine rings is 1. The molecule has 0 spiro atoms. The smallest absolute Gasteiger partial charge is 0.341 e. The molecule has 1 aromatic heterocycles. The van der Waals surface area contributed by atoms with E-state index in [1.165, 1.54) is 11.3 Å². The molecule has 0 aliphatic carbocycles. The summed E-state index contributed by atoms with van der Waals surface area (Å²) >= 11 is 7.12. The van der Waals surface area contributed by atoms with Crippen LogP contribution in [0.3, 0.4) is 0 Å². The van der Waals surface area contributed by atoms with Crippen LogP contribution < -0.4 is 5.32 Å². The molecule has 1 N–H and O–H groups in total. The molecule has 1 fully saturated rings. The Morgan fingerprint density at radius 3 is 2.59 bits per heavy atom. The van der Waals surface area contributed by atoms with Crippen molar-refractivity contribution >= 4 is 39.6 Å². The first-order valence-electron chi connectivity index (χ1n) is 9.05. The van der Waals surface area contributed by atoms with Crippen LogP contribution in [-0.4, -0.2) is 47.9 Å². The van der Waals surface area contributed by atoms with Crippen molar-refractivity contribution in [2.75, 3.05) is 25.0 Å². The summed E-state index contributed by atoms with van der Waals surface area (Å²) in [6.07, 6.45) is 0.225. The Balaban J connectivity index is 1.85. The molecule has 7 heteroatoms. The quantitative estimate of drug-likeness (QED) is 0.602. The topological polar surface area (TPSA) is 50.8 Å². The van der Waals surface area contributed by atoms with Crippen LogP contribution in [0.5, 0.6) is 0 Å². The van der Waals surface area contributed by atoms with Crippen LogP contribution >= 0.6 is 23.6 Å². The number of esters is 1. The van der Waals surface area contributed by atoms with Gasteiger partial charge in [-0.25, -0.2) is 4.79 Å².